The Bertz CT molecular complexity index is 931. The first-order valence-corrected chi connectivity index (χ1v) is 12.8. The van der Waals surface area contributed by atoms with Crippen LogP contribution in [0.5, 0.6) is 5.75 Å². The van der Waals surface area contributed by atoms with Gasteiger partial charge < -0.3 is 19.9 Å². The fraction of sp³-hybridized carbons (Fsp3) is 0.520. The monoisotopic (exact) mass is 491 g/mol. The molecule has 1 aromatic heterocycles. The Hall–Kier alpha value is -2.25. The molecule has 1 aromatic carbocycles. The number of rotatable bonds is 9. The Balaban J connectivity index is 1.76. The molecule has 33 heavy (non-hydrogen) atoms. The fourth-order valence-electron chi connectivity index (χ4n) is 3.90. The van der Waals surface area contributed by atoms with Crippen LogP contribution in [0.15, 0.2) is 35.7 Å². The first-order chi connectivity index (χ1) is 15.8. The Morgan fingerprint density at radius 3 is 2.64 bits per heavy atom. The van der Waals surface area contributed by atoms with Gasteiger partial charge in [-0.25, -0.2) is 4.79 Å². The number of nitrogens with zero attached hydrogens (tertiary/aromatic N) is 2. The van der Waals surface area contributed by atoms with Crippen LogP contribution in [0, 0.1) is 5.92 Å². The van der Waals surface area contributed by atoms with E-state index in [0.29, 0.717) is 36.4 Å². The molecule has 3 amide bonds. The van der Waals surface area contributed by atoms with Crippen molar-refractivity contribution in [2.45, 2.75) is 52.6 Å². The number of benzene rings is 1. The number of amides is 3. The molecular weight excluding hydrogens is 458 g/mol. The van der Waals surface area contributed by atoms with Crippen molar-refractivity contribution in [3.8, 4) is 5.75 Å². The number of ether oxygens (including phenoxy) is 1. The number of carbonyl (C=O) groups is 2. The number of hydrogen-bond acceptors (Lipinski definition) is 4. The minimum atomic E-state index is -0.194. The highest BCUT2D eigenvalue weighted by molar-refractivity contribution is 7.10. The van der Waals surface area contributed by atoms with E-state index in [4.69, 9.17) is 16.3 Å². The maximum absolute atomic E-state index is 13.5. The average molecular weight is 492 g/mol. The van der Waals surface area contributed by atoms with Gasteiger partial charge in [0.2, 0.25) is 5.91 Å². The van der Waals surface area contributed by atoms with Gasteiger partial charge in [-0.05, 0) is 67.5 Å². The van der Waals surface area contributed by atoms with Gasteiger partial charge in [0.25, 0.3) is 0 Å². The fourth-order valence-corrected chi connectivity index (χ4v) is 4.95. The van der Waals surface area contributed by atoms with E-state index in [2.05, 4.69) is 30.6 Å². The second-order valence-electron chi connectivity index (χ2n) is 8.92. The van der Waals surface area contributed by atoms with Crippen molar-refractivity contribution < 1.29 is 14.3 Å². The topological polar surface area (TPSA) is 61.9 Å². The van der Waals surface area contributed by atoms with Crippen LogP contribution in [0.25, 0.3) is 0 Å². The normalized spacial score (nSPS) is 16.3. The minimum Gasteiger partial charge on any atom is -0.491 e. The van der Waals surface area contributed by atoms with E-state index in [1.54, 1.807) is 28.4 Å². The zero-order valence-electron chi connectivity index (χ0n) is 19.8. The number of urea groups is 1. The van der Waals surface area contributed by atoms with Crippen LogP contribution < -0.4 is 10.1 Å². The molecule has 3 rings (SSSR count). The maximum Gasteiger partial charge on any atom is 0.318 e. The van der Waals surface area contributed by atoms with Gasteiger partial charge in [0.1, 0.15) is 18.9 Å². The molecule has 1 aliphatic heterocycles. The van der Waals surface area contributed by atoms with Crippen LogP contribution in [-0.4, -0.2) is 54.0 Å². The van der Waals surface area contributed by atoms with Gasteiger partial charge >= 0.3 is 6.03 Å². The van der Waals surface area contributed by atoms with E-state index in [1.807, 2.05) is 30.9 Å². The molecule has 0 fully saturated rings. The van der Waals surface area contributed by atoms with Crippen molar-refractivity contribution in [1.29, 1.82) is 0 Å². The zero-order chi connectivity index (χ0) is 24.0. The van der Waals surface area contributed by atoms with Crippen LogP contribution >= 0.6 is 22.9 Å². The molecule has 0 radical (unpaired) electrons. The zero-order valence-corrected chi connectivity index (χ0v) is 21.4. The van der Waals surface area contributed by atoms with Gasteiger partial charge in [-0.2, -0.15) is 0 Å². The first-order valence-electron chi connectivity index (χ1n) is 11.6. The van der Waals surface area contributed by atoms with Gasteiger partial charge in [-0.3, -0.25) is 4.79 Å². The molecule has 0 bridgehead atoms. The molecule has 0 saturated carbocycles. The van der Waals surface area contributed by atoms with Gasteiger partial charge in [0.15, 0.2) is 0 Å². The molecule has 2 aromatic rings. The summed E-state index contributed by atoms with van der Waals surface area (Å²) in [6.45, 7) is 9.61. The van der Waals surface area contributed by atoms with E-state index in [1.165, 1.54) is 4.88 Å². The molecule has 6 nitrogen and oxygen atoms in total. The summed E-state index contributed by atoms with van der Waals surface area (Å²) < 4.78 is 6.05. The third-order valence-corrected chi connectivity index (χ3v) is 7.14. The SMILES string of the molecule is CCC(C)CN(CC(=O)N1CCc2sccc2C1COc1ccc(Cl)cc1)C(=O)NC(C)C. The lowest BCUT2D eigenvalue weighted by Gasteiger charge is -2.37. The van der Waals surface area contributed by atoms with Crippen molar-refractivity contribution >= 4 is 34.9 Å². The maximum atomic E-state index is 13.5. The van der Waals surface area contributed by atoms with Gasteiger partial charge in [0.05, 0.1) is 6.04 Å². The number of fused-ring (bicyclic) bond motifs is 1. The predicted octanol–water partition coefficient (Wildman–Crippen LogP) is 5.37. The summed E-state index contributed by atoms with van der Waals surface area (Å²) in [7, 11) is 0. The largest absolute Gasteiger partial charge is 0.491 e. The summed E-state index contributed by atoms with van der Waals surface area (Å²) in [5, 5.41) is 5.66. The summed E-state index contributed by atoms with van der Waals surface area (Å²) in [5.41, 5.74) is 1.13. The van der Waals surface area contributed by atoms with E-state index in [-0.39, 0.29) is 30.6 Å². The van der Waals surface area contributed by atoms with Gasteiger partial charge in [0, 0.05) is 29.0 Å². The van der Waals surface area contributed by atoms with Crippen molar-refractivity contribution in [3.63, 3.8) is 0 Å². The number of hydrogen-bond donors (Lipinski definition) is 1. The molecular formula is C25H34ClN3O3S. The summed E-state index contributed by atoms with van der Waals surface area (Å²) in [5.74, 6) is 0.965. The molecule has 1 N–H and O–H groups in total. The highest BCUT2D eigenvalue weighted by Gasteiger charge is 2.33. The van der Waals surface area contributed by atoms with E-state index in [0.717, 1.165) is 18.4 Å². The number of halogens is 1. The number of thiophene rings is 1. The molecule has 0 saturated heterocycles. The van der Waals surface area contributed by atoms with Crippen molar-refractivity contribution in [2.24, 2.45) is 5.92 Å². The van der Waals surface area contributed by atoms with Crippen LogP contribution in [0.3, 0.4) is 0 Å². The molecule has 2 unspecified atom stereocenters. The predicted molar refractivity (Wildman–Crippen MR) is 134 cm³/mol. The van der Waals surface area contributed by atoms with Crippen molar-refractivity contribution in [3.05, 3.63) is 51.2 Å². The smallest absolute Gasteiger partial charge is 0.318 e. The summed E-state index contributed by atoms with van der Waals surface area (Å²) in [4.78, 5) is 31.1. The Morgan fingerprint density at radius 1 is 1.24 bits per heavy atom. The van der Waals surface area contributed by atoms with Crippen molar-refractivity contribution in [1.82, 2.24) is 15.1 Å². The van der Waals surface area contributed by atoms with Crippen LogP contribution in [0.2, 0.25) is 5.02 Å². The van der Waals surface area contributed by atoms with E-state index < -0.39 is 0 Å². The molecule has 2 heterocycles. The second-order valence-corrected chi connectivity index (χ2v) is 10.4. The average Bonchev–Trinajstić information content (AvgIpc) is 3.26. The second kappa shape index (κ2) is 11.7. The highest BCUT2D eigenvalue weighted by Crippen LogP contribution is 2.34. The molecule has 0 spiro atoms. The first kappa shape index (κ1) is 25.4. The summed E-state index contributed by atoms with van der Waals surface area (Å²) in [6, 6.07) is 8.94. The Labute approximate surface area is 205 Å². The minimum absolute atomic E-state index is 0.0101. The lowest BCUT2D eigenvalue weighted by atomic mass is 10.00. The van der Waals surface area contributed by atoms with E-state index in [9.17, 15) is 9.59 Å². The molecule has 2 atom stereocenters. The standard InChI is InChI=1S/C25H34ClN3O3S/c1-5-18(4)14-28(25(31)27-17(2)3)15-24(30)29-12-10-23-21(11-13-33-23)22(29)16-32-20-8-6-19(26)7-9-20/h6-9,11,13,17-18,22H,5,10,12,14-16H2,1-4H3,(H,27,31). The van der Waals surface area contributed by atoms with Gasteiger partial charge in [-0.15, -0.1) is 11.3 Å². The molecule has 0 aliphatic carbocycles. The number of nitrogens with one attached hydrogen (secondary N) is 1. The van der Waals surface area contributed by atoms with Crippen LogP contribution in [-0.2, 0) is 11.2 Å². The van der Waals surface area contributed by atoms with Gasteiger partial charge in [-0.1, -0.05) is 31.9 Å². The van der Waals surface area contributed by atoms with Crippen LogP contribution in [0.1, 0.15) is 50.6 Å². The molecule has 180 valence electrons. The lowest BCUT2D eigenvalue weighted by molar-refractivity contribution is -0.135. The Morgan fingerprint density at radius 2 is 1.97 bits per heavy atom. The summed E-state index contributed by atoms with van der Waals surface area (Å²) in [6.07, 6.45) is 1.76. The molecule has 8 heteroatoms. The third kappa shape index (κ3) is 6.87. The quantitative estimate of drug-likeness (QED) is 0.512. The third-order valence-electron chi connectivity index (χ3n) is 5.89. The van der Waals surface area contributed by atoms with Crippen molar-refractivity contribution in [2.75, 3.05) is 26.2 Å². The van der Waals surface area contributed by atoms with Crippen LogP contribution in [0.4, 0.5) is 4.79 Å². The van der Waals surface area contributed by atoms with E-state index >= 15 is 0 Å². The summed E-state index contributed by atoms with van der Waals surface area (Å²) >= 11 is 7.70. The highest BCUT2D eigenvalue weighted by atomic mass is 35.5. The Kier molecular flexibility index (Phi) is 9.03. The number of carbonyl (C=O) groups excluding carboxylic acids is 2. The lowest BCUT2D eigenvalue weighted by Crippen LogP contribution is -2.51. The molecule has 1 aliphatic rings.